The van der Waals surface area contributed by atoms with Gasteiger partial charge in [0.15, 0.2) is 0 Å². The van der Waals surface area contributed by atoms with Gasteiger partial charge in [0.05, 0.1) is 16.9 Å². The van der Waals surface area contributed by atoms with Crippen LogP contribution in [-0.4, -0.2) is 27.8 Å². The Balaban J connectivity index is 2.01. The van der Waals surface area contributed by atoms with E-state index >= 15 is 0 Å². The second-order valence-electron chi connectivity index (χ2n) is 7.89. The van der Waals surface area contributed by atoms with E-state index < -0.39 is 0 Å². The number of benzene rings is 2. The lowest BCUT2D eigenvalue weighted by molar-refractivity contribution is 0.292. The molecule has 0 unspecified atom stereocenters. The molecule has 0 saturated carbocycles. The fourth-order valence-corrected chi connectivity index (χ4v) is 4.19. The highest BCUT2D eigenvalue weighted by Crippen LogP contribution is 2.42. The molecule has 150 valence electrons. The Morgan fingerprint density at radius 2 is 1.86 bits per heavy atom. The summed E-state index contributed by atoms with van der Waals surface area (Å²) in [5.41, 5.74) is 4.33. The van der Waals surface area contributed by atoms with Crippen molar-refractivity contribution >= 4 is 5.95 Å². The van der Waals surface area contributed by atoms with Crippen molar-refractivity contribution in [3.8, 4) is 16.9 Å². The third kappa shape index (κ3) is 3.36. The molecule has 5 nitrogen and oxygen atoms in total. The molecule has 0 spiro atoms. The van der Waals surface area contributed by atoms with Crippen LogP contribution in [0.5, 0.6) is 0 Å². The Bertz CT molecular complexity index is 1080. The minimum Gasteiger partial charge on any atom is -0.396 e. The summed E-state index contributed by atoms with van der Waals surface area (Å²) in [6, 6.07) is 17.9. The van der Waals surface area contributed by atoms with Crippen molar-refractivity contribution in [1.29, 1.82) is 0 Å². The molecule has 2 aromatic carbocycles. The summed E-state index contributed by atoms with van der Waals surface area (Å²) in [5, 5.41) is 12.5. The molecular formula is C24H27N3O2. The van der Waals surface area contributed by atoms with Crippen LogP contribution in [-0.2, 0) is 11.8 Å². The second-order valence-corrected chi connectivity index (χ2v) is 7.89. The van der Waals surface area contributed by atoms with Crippen LogP contribution in [0.1, 0.15) is 37.8 Å². The molecule has 0 radical (unpaired) electrons. The lowest BCUT2D eigenvalue weighted by Crippen LogP contribution is -2.39. The van der Waals surface area contributed by atoms with Gasteiger partial charge in [0.1, 0.15) is 0 Å². The highest BCUT2D eigenvalue weighted by Gasteiger charge is 2.38. The number of nitrogens with zero attached hydrogens (tertiary/aromatic N) is 2. The predicted octanol–water partition coefficient (Wildman–Crippen LogP) is 3.92. The van der Waals surface area contributed by atoms with E-state index in [2.05, 4.69) is 31.3 Å². The minimum absolute atomic E-state index is 0.0217. The smallest absolute Gasteiger partial charge is 0.263 e. The summed E-state index contributed by atoms with van der Waals surface area (Å²) in [6.45, 7) is 4.93. The minimum atomic E-state index is -0.270. The van der Waals surface area contributed by atoms with Crippen molar-refractivity contribution in [2.24, 2.45) is 0 Å². The number of hydrogen-bond donors (Lipinski definition) is 2. The van der Waals surface area contributed by atoms with Crippen molar-refractivity contribution in [1.82, 2.24) is 9.55 Å². The van der Waals surface area contributed by atoms with Gasteiger partial charge in [-0.2, -0.15) is 0 Å². The standard InChI is InChI=1S/C24H27N3O2/c1-3-24(2)16-17-10-7-8-13-19(17)21-20(24)22(29)27(18-11-5-4-6-12-18)23(26-21)25-14-9-15-28/h4-8,10-13,28H,3,9,14-16H2,1-2H3,(H,25,26)/t24-/m0/s1. The molecule has 1 aliphatic rings. The summed E-state index contributed by atoms with van der Waals surface area (Å²) >= 11 is 0. The van der Waals surface area contributed by atoms with Crippen LogP contribution < -0.4 is 10.9 Å². The fourth-order valence-electron chi connectivity index (χ4n) is 4.19. The van der Waals surface area contributed by atoms with Crippen LogP contribution in [0, 0.1) is 0 Å². The Morgan fingerprint density at radius 3 is 2.59 bits per heavy atom. The molecule has 0 amide bonds. The van der Waals surface area contributed by atoms with E-state index in [0.717, 1.165) is 35.3 Å². The summed E-state index contributed by atoms with van der Waals surface area (Å²) < 4.78 is 1.68. The quantitative estimate of drug-likeness (QED) is 0.627. The number of para-hydroxylation sites is 1. The van der Waals surface area contributed by atoms with Crippen molar-refractivity contribution in [3.05, 3.63) is 76.1 Å². The normalized spacial score (nSPS) is 17.5. The van der Waals surface area contributed by atoms with Gasteiger partial charge in [-0.25, -0.2) is 9.55 Å². The van der Waals surface area contributed by atoms with Crippen LogP contribution >= 0.6 is 0 Å². The maximum Gasteiger partial charge on any atom is 0.263 e. The summed E-state index contributed by atoms with van der Waals surface area (Å²) in [4.78, 5) is 18.9. The number of fused-ring (bicyclic) bond motifs is 3. The third-order valence-electron chi connectivity index (χ3n) is 5.95. The fraction of sp³-hybridized carbons (Fsp3) is 0.333. The SMILES string of the molecule is CC[C@@]1(C)Cc2ccccc2-c2nc(NCCCO)n(-c3ccccc3)c(=O)c21. The molecule has 4 rings (SSSR count). The summed E-state index contributed by atoms with van der Waals surface area (Å²) in [7, 11) is 0. The highest BCUT2D eigenvalue weighted by atomic mass is 16.3. The molecule has 3 aromatic rings. The molecular weight excluding hydrogens is 362 g/mol. The molecule has 5 heteroatoms. The lowest BCUT2D eigenvalue weighted by Gasteiger charge is -2.36. The van der Waals surface area contributed by atoms with Gasteiger partial charge in [-0.1, -0.05) is 56.3 Å². The zero-order chi connectivity index (χ0) is 20.4. The van der Waals surface area contributed by atoms with Crippen molar-refractivity contribution in [2.45, 2.75) is 38.5 Å². The molecule has 0 bridgehead atoms. The topological polar surface area (TPSA) is 67.2 Å². The first-order valence-electron chi connectivity index (χ1n) is 10.2. The van der Waals surface area contributed by atoms with E-state index in [0.29, 0.717) is 18.9 Å². The predicted molar refractivity (Wildman–Crippen MR) is 117 cm³/mol. The molecule has 0 saturated heterocycles. The van der Waals surface area contributed by atoms with E-state index in [1.165, 1.54) is 5.56 Å². The molecule has 1 aromatic heterocycles. The van der Waals surface area contributed by atoms with E-state index in [1.54, 1.807) is 4.57 Å². The number of nitrogens with one attached hydrogen (secondary N) is 1. The van der Waals surface area contributed by atoms with Crippen LogP contribution in [0.25, 0.3) is 16.9 Å². The van der Waals surface area contributed by atoms with Gasteiger partial charge in [-0.15, -0.1) is 0 Å². The maximum absolute atomic E-state index is 13.9. The van der Waals surface area contributed by atoms with E-state index in [4.69, 9.17) is 4.98 Å². The van der Waals surface area contributed by atoms with Crippen molar-refractivity contribution in [3.63, 3.8) is 0 Å². The van der Waals surface area contributed by atoms with Crippen LogP contribution in [0.15, 0.2) is 59.4 Å². The van der Waals surface area contributed by atoms with Crippen LogP contribution in [0.4, 0.5) is 5.95 Å². The molecule has 29 heavy (non-hydrogen) atoms. The summed E-state index contributed by atoms with van der Waals surface area (Å²) in [5.74, 6) is 0.517. The number of aliphatic hydroxyl groups excluding tert-OH is 1. The van der Waals surface area contributed by atoms with Crippen LogP contribution in [0.3, 0.4) is 0 Å². The largest absolute Gasteiger partial charge is 0.396 e. The van der Waals surface area contributed by atoms with Crippen LogP contribution in [0.2, 0.25) is 0 Å². The molecule has 1 aliphatic carbocycles. The van der Waals surface area contributed by atoms with Gasteiger partial charge in [-0.05, 0) is 37.0 Å². The average molecular weight is 389 g/mol. The molecule has 2 N–H and O–H groups in total. The third-order valence-corrected chi connectivity index (χ3v) is 5.95. The zero-order valence-electron chi connectivity index (χ0n) is 17.0. The van der Waals surface area contributed by atoms with Gasteiger partial charge >= 0.3 is 0 Å². The molecule has 1 atom stereocenters. The Kier molecular flexibility index (Phi) is 5.24. The highest BCUT2D eigenvalue weighted by molar-refractivity contribution is 5.73. The van der Waals surface area contributed by atoms with Gasteiger partial charge in [0.25, 0.3) is 5.56 Å². The number of hydrogen-bond acceptors (Lipinski definition) is 4. The Hall–Kier alpha value is -2.92. The van der Waals surface area contributed by atoms with Crippen molar-refractivity contribution < 1.29 is 5.11 Å². The average Bonchev–Trinajstić information content (AvgIpc) is 2.74. The first-order valence-corrected chi connectivity index (χ1v) is 10.2. The number of rotatable bonds is 6. The Morgan fingerprint density at radius 1 is 1.14 bits per heavy atom. The lowest BCUT2D eigenvalue weighted by atomic mass is 9.69. The number of aliphatic hydroxyl groups is 1. The van der Waals surface area contributed by atoms with Gasteiger partial charge in [-0.3, -0.25) is 4.79 Å². The summed E-state index contributed by atoms with van der Waals surface area (Å²) in [6.07, 6.45) is 2.28. The zero-order valence-corrected chi connectivity index (χ0v) is 17.0. The van der Waals surface area contributed by atoms with Gasteiger partial charge in [0, 0.05) is 24.1 Å². The maximum atomic E-state index is 13.9. The van der Waals surface area contributed by atoms with E-state index in [9.17, 15) is 9.90 Å². The first-order chi connectivity index (χ1) is 14.1. The molecule has 0 fully saturated rings. The number of anilines is 1. The molecule has 1 heterocycles. The van der Waals surface area contributed by atoms with Gasteiger partial charge < -0.3 is 10.4 Å². The first kappa shape index (κ1) is 19.4. The molecule has 0 aliphatic heterocycles. The van der Waals surface area contributed by atoms with Gasteiger partial charge in [0.2, 0.25) is 5.95 Å². The Labute approximate surface area is 171 Å². The van der Waals surface area contributed by atoms with Crippen molar-refractivity contribution in [2.75, 3.05) is 18.5 Å². The van der Waals surface area contributed by atoms with E-state index in [-0.39, 0.29) is 17.6 Å². The number of aromatic nitrogens is 2. The second kappa shape index (κ2) is 7.84. The monoisotopic (exact) mass is 389 g/mol. The van der Waals surface area contributed by atoms with E-state index in [1.807, 2.05) is 42.5 Å².